The van der Waals surface area contributed by atoms with Crippen LogP contribution in [-0.4, -0.2) is 12.8 Å². The van der Waals surface area contributed by atoms with Crippen molar-refractivity contribution in [2.45, 2.75) is 17.0 Å². The third-order valence-corrected chi connectivity index (χ3v) is 8.28. The van der Waals surface area contributed by atoms with E-state index in [1.54, 1.807) is 7.11 Å². The molecule has 2 atom stereocenters. The van der Waals surface area contributed by atoms with Gasteiger partial charge in [0.25, 0.3) is 0 Å². The van der Waals surface area contributed by atoms with E-state index in [2.05, 4.69) is 66.7 Å². The Labute approximate surface area is 216 Å². The molecule has 5 nitrogen and oxygen atoms in total. The molecular weight excluding hydrogens is 456 g/mol. The fourth-order valence-corrected chi connectivity index (χ4v) is 6.85. The van der Waals surface area contributed by atoms with E-state index in [-0.39, 0.29) is 5.92 Å². The van der Waals surface area contributed by atoms with Crippen molar-refractivity contribution in [3.63, 3.8) is 0 Å². The van der Waals surface area contributed by atoms with E-state index in [4.69, 9.17) is 27.7 Å². The predicted octanol–water partition coefficient (Wildman–Crippen LogP) is 4.91. The fraction of sp³-hybridized carbons (Fsp3) is 0.125. The Morgan fingerprint density at radius 2 is 1.32 bits per heavy atom. The quantitative estimate of drug-likeness (QED) is 0.239. The van der Waals surface area contributed by atoms with Crippen LogP contribution in [0.5, 0.6) is 5.75 Å². The zero-order valence-corrected chi connectivity index (χ0v) is 20.5. The van der Waals surface area contributed by atoms with Crippen molar-refractivity contribution in [3.05, 3.63) is 130 Å². The van der Waals surface area contributed by atoms with E-state index >= 15 is 0 Å². The number of hydrogen-bond acceptors (Lipinski definition) is 5. The lowest BCUT2D eigenvalue weighted by Gasteiger charge is -2.43. The minimum absolute atomic E-state index is 0.313. The SMILES string of the molecule is COc1ccc(C2C3=C(C=CC2(N)N)c2ccc(N)cc2C32c3ccccc3-c3ccc(N)cc32)cc1. The highest BCUT2D eigenvalue weighted by atomic mass is 16.5. The van der Waals surface area contributed by atoms with E-state index in [9.17, 15) is 0 Å². The molecule has 0 radical (unpaired) electrons. The Balaban J connectivity index is 1.64. The summed E-state index contributed by atoms with van der Waals surface area (Å²) in [4.78, 5) is 0. The summed E-state index contributed by atoms with van der Waals surface area (Å²) in [6.07, 6.45) is 4.02. The predicted molar refractivity (Wildman–Crippen MR) is 150 cm³/mol. The van der Waals surface area contributed by atoms with E-state index in [0.29, 0.717) is 11.4 Å². The van der Waals surface area contributed by atoms with Crippen LogP contribution in [0.4, 0.5) is 11.4 Å². The summed E-state index contributed by atoms with van der Waals surface area (Å²) in [5, 5.41) is 0. The molecule has 5 heteroatoms. The Hall–Kier alpha value is -4.32. The molecule has 0 fully saturated rings. The molecule has 0 aliphatic heterocycles. The van der Waals surface area contributed by atoms with Crippen molar-refractivity contribution in [2.75, 3.05) is 18.6 Å². The molecule has 0 aromatic heterocycles. The normalized spacial score (nSPS) is 22.0. The average molecular weight is 485 g/mol. The minimum Gasteiger partial charge on any atom is -0.497 e. The first-order valence-corrected chi connectivity index (χ1v) is 12.4. The van der Waals surface area contributed by atoms with Crippen molar-refractivity contribution in [1.82, 2.24) is 0 Å². The van der Waals surface area contributed by atoms with E-state index < -0.39 is 11.1 Å². The number of allylic oxidation sites excluding steroid dienone is 2. The van der Waals surface area contributed by atoms with Crippen molar-refractivity contribution >= 4 is 16.9 Å². The zero-order chi connectivity index (χ0) is 25.5. The van der Waals surface area contributed by atoms with Crippen molar-refractivity contribution in [1.29, 1.82) is 0 Å². The molecule has 4 aromatic carbocycles. The summed E-state index contributed by atoms with van der Waals surface area (Å²) < 4.78 is 5.44. The standard InChI is InChI=1S/C32H28N4O/c1-37-21-10-6-18(7-11-21)29-30-25(14-15-31(29,35)36)24-13-9-20(34)17-28(24)32(30)26-5-3-2-4-22(26)23-12-8-19(33)16-27(23)32/h2-17,29H,33-36H2,1H3. The number of benzene rings is 4. The molecule has 7 rings (SSSR count). The monoisotopic (exact) mass is 484 g/mol. The number of nitrogen functional groups attached to an aromatic ring is 2. The van der Waals surface area contributed by atoms with Gasteiger partial charge in [0.2, 0.25) is 0 Å². The largest absolute Gasteiger partial charge is 0.497 e. The Bertz CT molecular complexity index is 1660. The third-order valence-electron chi connectivity index (χ3n) is 8.28. The highest BCUT2D eigenvalue weighted by Crippen LogP contribution is 2.66. The van der Waals surface area contributed by atoms with Crippen LogP contribution in [0.25, 0.3) is 16.7 Å². The highest BCUT2D eigenvalue weighted by molar-refractivity contribution is 5.99. The van der Waals surface area contributed by atoms with Crippen LogP contribution in [0, 0.1) is 0 Å². The van der Waals surface area contributed by atoms with Crippen molar-refractivity contribution in [3.8, 4) is 16.9 Å². The molecule has 3 aliphatic rings. The molecule has 2 unspecified atom stereocenters. The van der Waals surface area contributed by atoms with Gasteiger partial charge in [0.15, 0.2) is 0 Å². The second-order valence-electron chi connectivity index (χ2n) is 10.3. The molecule has 1 spiro atoms. The second kappa shape index (κ2) is 7.35. The fourth-order valence-electron chi connectivity index (χ4n) is 6.85. The molecule has 0 amide bonds. The molecule has 0 heterocycles. The highest BCUT2D eigenvalue weighted by Gasteiger charge is 2.57. The minimum atomic E-state index is -1.12. The van der Waals surface area contributed by atoms with Crippen molar-refractivity contribution < 1.29 is 4.74 Å². The maximum absolute atomic E-state index is 6.94. The molecule has 0 bridgehead atoms. The van der Waals surface area contributed by atoms with Gasteiger partial charge in [0, 0.05) is 17.3 Å². The maximum atomic E-state index is 6.94. The summed E-state index contributed by atoms with van der Waals surface area (Å²) in [7, 11) is 1.67. The first-order valence-electron chi connectivity index (χ1n) is 12.4. The van der Waals surface area contributed by atoms with Gasteiger partial charge in [-0.3, -0.25) is 0 Å². The van der Waals surface area contributed by atoms with Gasteiger partial charge in [0.05, 0.1) is 18.2 Å². The van der Waals surface area contributed by atoms with Crippen LogP contribution in [0.3, 0.4) is 0 Å². The van der Waals surface area contributed by atoms with Crippen LogP contribution < -0.4 is 27.7 Å². The average Bonchev–Trinajstić information content (AvgIpc) is 3.34. The van der Waals surface area contributed by atoms with Gasteiger partial charge >= 0.3 is 0 Å². The van der Waals surface area contributed by atoms with Crippen molar-refractivity contribution in [2.24, 2.45) is 11.5 Å². The van der Waals surface area contributed by atoms with Crippen LogP contribution in [0.1, 0.15) is 33.7 Å². The Morgan fingerprint density at radius 1 is 0.703 bits per heavy atom. The molecule has 182 valence electrons. The van der Waals surface area contributed by atoms with E-state index in [0.717, 1.165) is 44.7 Å². The molecule has 37 heavy (non-hydrogen) atoms. The molecule has 0 saturated carbocycles. The molecule has 4 aromatic rings. The summed E-state index contributed by atoms with van der Waals surface area (Å²) in [5.74, 6) is 0.470. The zero-order valence-electron chi connectivity index (χ0n) is 20.5. The smallest absolute Gasteiger partial charge is 0.118 e. The van der Waals surface area contributed by atoms with Gasteiger partial charge in [-0.25, -0.2) is 0 Å². The summed E-state index contributed by atoms with van der Waals surface area (Å²) in [5.41, 5.74) is 36.7. The molecule has 8 N–H and O–H groups in total. The lowest BCUT2D eigenvalue weighted by atomic mass is 9.61. The first-order chi connectivity index (χ1) is 17.9. The van der Waals surface area contributed by atoms with Crippen LogP contribution in [0.15, 0.2) is 103 Å². The van der Waals surface area contributed by atoms with Crippen LogP contribution in [0.2, 0.25) is 0 Å². The molecular formula is C32H28N4O. The number of ether oxygens (including phenoxy) is 1. The Morgan fingerprint density at radius 3 is 2.03 bits per heavy atom. The Kier molecular flexibility index (Phi) is 4.36. The number of nitrogens with two attached hydrogens (primary N) is 4. The number of anilines is 2. The number of hydrogen-bond donors (Lipinski definition) is 4. The number of rotatable bonds is 2. The van der Waals surface area contributed by atoms with E-state index in [1.807, 2.05) is 30.3 Å². The van der Waals surface area contributed by atoms with Crippen LogP contribution >= 0.6 is 0 Å². The summed E-state index contributed by atoms with van der Waals surface area (Å²) >= 11 is 0. The topological polar surface area (TPSA) is 113 Å². The summed E-state index contributed by atoms with van der Waals surface area (Å²) in [6, 6.07) is 29.0. The lowest BCUT2D eigenvalue weighted by molar-refractivity contribution is 0.413. The van der Waals surface area contributed by atoms with Gasteiger partial charge in [-0.15, -0.1) is 0 Å². The van der Waals surface area contributed by atoms with Gasteiger partial charge in [-0.05, 0) is 92.6 Å². The third kappa shape index (κ3) is 2.75. The van der Waals surface area contributed by atoms with Gasteiger partial charge < -0.3 is 27.7 Å². The van der Waals surface area contributed by atoms with Crippen LogP contribution in [-0.2, 0) is 5.41 Å². The number of fused-ring (bicyclic) bond motifs is 9. The van der Waals surface area contributed by atoms with Gasteiger partial charge in [-0.1, -0.05) is 54.6 Å². The summed E-state index contributed by atoms with van der Waals surface area (Å²) in [6.45, 7) is 0. The first kappa shape index (κ1) is 21.9. The molecule has 3 aliphatic carbocycles. The molecule has 0 saturated heterocycles. The van der Waals surface area contributed by atoms with E-state index in [1.165, 1.54) is 11.1 Å². The van der Waals surface area contributed by atoms with Gasteiger partial charge in [0.1, 0.15) is 5.75 Å². The van der Waals surface area contributed by atoms with Gasteiger partial charge in [-0.2, -0.15) is 0 Å². The maximum Gasteiger partial charge on any atom is 0.118 e. The lowest BCUT2D eigenvalue weighted by Crippen LogP contribution is -2.56. The second-order valence-corrected chi connectivity index (χ2v) is 10.3. The number of methoxy groups -OCH3 is 1.